The maximum Gasteiger partial charge on any atom is 0.0422 e. The topological polar surface area (TPSA) is 38.0 Å². The highest BCUT2D eigenvalue weighted by molar-refractivity contribution is 5.68. The van der Waals surface area contributed by atoms with Gasteiger partial charge in [0.2, 0.25) is 0 Å². The van der Waals surface area contributed by atoms with Crippen molar-refractivity contribution in [2.45, 2.75) is 33.1 Å². The summed E-state index contributed by atoms with van der Waals surface area (Å²) in [6.07, 6.45) is 0. The third-order valence-electron chi connectivity index (χ3n) is 3.25. The number of hydrogen-bond donors (Lipinski definition) is 2. The average molecular weight is 254 g/mol. The Hall–Kier alpha value is -1.96. The van der Waals surface area contributed by atoms with E-state index >= 15 is 0 Å². The molecule has 19 heavy (non-hydrogen) atoms. The highest BCUT2D eigenvalue weighted by Gasteiger charge is 2.17. The molecule has 2 aromatic rings. The van der Waals surface area contributed by atoms with Crippen molar-refractivity contribution in [1.82, 2.24) is 0 Å². The van der Waals surface area contributed by atoms with Crippen molar-refractivity contribution in [2.75, 3.05) is 11.1 Å². The number of para-hydroxylation sites is 1. The summed E-state index contributed by atoms with van der Waals surface area (Å²) in [7, 11) is 0. The fourth-order valence-electron chi connectivity index (χ4n) is 2.22. The molecule has 0 aromatic heterocycles. The van der Waals surface area contributed by atoms with E-state index in [1.807, 2.05) is 18.2 Å². The minimum Gasteiger partial charge on any atom is -0.399 e. The Bertz CT molecular complexity index is 580. The van der Waals surface area contributed by atoms with Crippen molar-refractivity contribution in [3.05, 3.63) is 53.6 Å². The summed E-state index contributed by atoms with van der Waals surface area (Å²) in [4.78, 5) is 0. The molecule has 0 atom stereocenters. The van der Waals surface area contributed by atoms with Crippen molar-refractivity contribution < 1.29 is 0 Å². The quantitative estimate of drug-likeness (QED) is 0.767. The second-order valence-electron chi connectivity index (χ2n) is 5.99. The fourth-order valence-corrected chi connectivity index (χ4v) is 2.22. The van der Waals surface area contributed by atoms with Crippen LogP contribution in [0.25, 0.3) is 0 Å². The van der Waals surface area contributed by atoms with Crippen LogP contribution in [0.5, 0.6) is 0 Å². The van der Waals surface area contributed by atoms with Gasteiger partial charge in [0, 0.05) is 17.1 Å². The first-order valence-electron chi connectivity index (χ1n) is 6.60. The Morgan fingerprint density at radius 1 is 0.947 bits per heavy atom. The molecular weight excluding hydrogens is 232 g/mol. The van der Waals surface area contributed by atoms with E-state index in [9.17, 15) is 0 Å². The molecule has 0 heterocycles. The summed E-state index contributed by atoms with van der Waals surface area (Å²) < 4.78 is 0. The Morgan fingerprint density at radius 2 is 1.63 bits per heavy atom. The molecule has 2 heteroatoms. The molecule has 2 aromatic carbocycles. The molecule has 0 amide bonds. The molecule has 0 saturated carbocycles. The molecule has 0 unspecified atom stereocenters. The number of benzene rings is 2. The maximum atomic E-state index is 5.79. The lowest BCUT2D eigenvalue weighted by Crippen LogP contribution is -2.13. The number of hydrogen-bond acceptors (Lipinski definition) is 2. The summed E-state index contributed by atoms with van der Waals surface area (Å²) in [5.74, 6) is 0. The highest BCUT2D eigenvalue weighted by atomic mass is 14.9. The summed E-state index contributed by atoms with van der Waals surface area (Å²) >= 11 is 0. The van der Waals surface area contributed by atoms with Crippen molar-refractivity contribution >= 4 is 17.1 Å². The van der Waals surface area contributed by atoms with Crippen LogP contribution >= 0.6 is 0 Å². The zero-order chi connectivity index (χ0) is 14.0. The van der Waals surface area contributed by atoms with Crippen LogP contribution in [0.15, 0.2) is 42.5 Å². The highest BCUT2D eigenvalue weighted by Crippen LogP contribution is 2.32. The first-order chi connectivity index (χ1) is 8.88. The number of nitrogen functional groups attached to an aromatic ring is 1. The lowest BCUT2D eigenvalue weighted by Gasteiger charge is -2.24. The normalized spacial score (nSPS) is 11.4. The van der Waals surface area contributed by atoms with Gasteiger partial charge in [0.25, 0.3) is 0 Å². The van der Waals surface area contributed by atoms with Crippen LogP contribution in [-0.4, -0.2) is 0 Å². The van der Waals surface area contributed by atoms with E-state index in [1.54, 1.807) is 0 Å². The molecule has 100 valence electrons. The van der Waals surface area contributed by atoms with E-state index in [0.717, 1.165) is 22.6 Å². The molecule has 2 rings (SSSR count). The Labute approximate surface area is 115 Å². The second kappa shape index (κ2) is 4.96. The fraction of sp³-hybridized carbons (Fsp3) is 0.294. The van der Waals surface area contributed by atoms with Crippen molar-refractivity contribution in [1.29, 1.82) is 0 Å². The largest absolute Gasteiger partial charge is 0.399 e. The molecule has 0 radical (unpaired) electrons. The van der Waals surface area contributed by atoms with E-state index in [-0.39, 0.29) is 5.41 Å². The molecule has 0 fully saturated rings. The van der Waals surface area contributed by atoms with E-state index < -0.39 is 0 Å². The van der Waals surface area contributed by atoms with E-state index in [1.165, 1.54) is 5.56 Å². The summed E-state index contributed by atoms with van der Waals surface area (Å²) in [5, 5.41) is 3.52. The minimum atomic E-state index is 0.116. The molecule has 3 N–H and O–H groups in total. The van der Waals surface area contributed by atoms with Crippen LogP contribution < -0.4 is 11.1 Å². The monoisotopic (exact) mass is 254 g/mol. The average Bonchev–Trinajstić information content (AvgIpc) is 2.32. The third-order valence-corrected chi connectivity index (χ3v) is 3.25. The lowest BCUT2D eigenvalue weighted by molar-refractivity contribution is 0.592. The van der Waals surface area contributed by atoms with Crippen molar-refractivity contribution in [3.63, 3.8) is 0 Å². The first-order valence-corrected chi connectivity index (χ1v) is 6.60. The lowest BCUT2D eigenvalue weighted by atomic mass is 9.85. The first kappa shape index (κ1) is 13.5. The minimum absolute atomic E-state index is 0.116. The van der Waals surface area contributed by atoms with Gasteiger partial charge in [0.05, 0.1) is 0 Å². The van der Waals surface area contributed by atoms with E-state index in [0.29, 0.717) is 0 Å². The number of nitrogens with two attached hydrogens (primary N) is 1. The van der Waals surface area contributed by atoms with Crippen molar-refractivity contribution in [3.8, 4) is 0 Å². The molecule has 0 aliphatic heterocycles. The SMILES string of the molecule is Cc1cc(N)ccc1Nc1ccccc1C(C)(C)C. The second-order valence-corrected chi connectivity index (χ2v) is 5.99. The van der Waals surface area contributed by atoms with Gasteiger partial charge in [0.1, 0.15) is 0 Å². The van der Waals surface area contributed by atoms with Crippen LogP contribution in [0.1, 0.15) is 31.9 Å². The predicted molar refractivity (Wildman–Crippen MR) is 84.0 cm³/mol. The molecule has 0 saturated heterocycles. The van der Waals surface area contributed by atoms with Gasteiger partial charge in [0.15, 0.2) is 0 Å². The molecule has 0 spiro atoms. The number of aryl methyl sites for hydroxylation is 1. The molecular formula is C17H22N2. The Kier molecular flexibility index (Phi) is 3.52. The van der Waals surface area contributed by atoms with Crippen LogP contribution in [0, 0.1) is 6.92 Å². The molecule has 0 aliphatic rings. The zero-order valence-corrected chi connectivity index (χ0v) is 12.1. The van der Waals surface area contributed by atoms with Crippen LogP contribution in [0.3, 0.4) is 0 Å². The van der Waals surface area contributed by atoms with Gasteiger partial charge >= 0.3 is 0 Å². The maximum absolute atomic E-state index is 5.79. The smallest absolute Gasteiger partial charge is 0.0422 e. The standard InChI is InChI=1S/C17H22N2/c1-12-11-13(18)9-10-15(12)19-16-8-6-5-7-14(16)17(2,3)4/h5-11,19H,18H2,1-4H3. The number of anilines is 3. The predicted octanol–water partition coefficient (Wildman–Crippen LogP) is 4.62. The van der Waals surface area contributed by atoms with Gasteiger partial charge in [-0.1, -0.05) is 39.0 Å². The molecule has 0 bridgehead atoms. The van der Waals surface area contributed by atoms with Crippen LogP contribution in [-0.2, 0) is 5.41 Å². The Morgan fingerprint density at radius 3 is 2.26 bits per heavy atom. The van der Waals surface area contributed by atoms with Crippen molar-refractivity contribution in [2.24, 2.45) is 0 Å². The molecule has 0 aliphatic carbocycles. The van der Waals surface area contributed by atoms with Gasteiger partial charge in [-0.3, -0.25) is 0 Å². The summed E-state index contributed by atoms with van der Waals surface area (Å²) in [6.45, 7) is 8.74. The van der Waals surface area contributed by atoms with E-state index in [4.69, 9.17) is 5.73 Å². The van der Waals surface area contributed by atoms with Gasteiger partial charge in [-0.25, -0.2) is 0 Å². The van der Waals surface area contributed by atoms with Gasteiger partial charge < -0.3 is 11.1 Å². The third kappa shape index (κ3) is 3.08. The van der Waals surface area contributed by atoms with Gasteiger partial charge in [-0.2, -0.15) is 0 Å². The molecule has 2 nitrogen and oxygen atoms in total. The number of rotatable bonds is 2. The zero-order valence-electron chi connectivity index (χ0n) is 12.1. The van der Waals surface area contributed by atoms with Gasteiger partial charge in [-0.05, 0) is 47.7 Å². The Balaban J connectivity index is 2.39. The summed E-state index contributed by atoms with van der Waals surface area (Å²) in [6, 6.07) is 14.4. The van der Waals surface area contributed by atoms with Gasteiger partial charge in [-0.15, -0.1) is 0 Å². The number of nitrogens with one attached hydrogen (secondary N) is 1. The van der Waals surface area contributed by atoms with E-state index in [2.05, 4.69) is 57.3 Å². The summed E-state index contributed by atoms with van der Waals surface area (Å²) in [5.41, 5.74) is 11.4. The van der Waals surface area contributed by atoms with Crippen LogP contribution in [0.2, 0.25) is 0 Å². The van der Waals surface area contributed by atoms with Crippen LogP contribution in [0.4, 0.5) is 17.1 Å².